The zero-order chi connectivity index (χ0) is 16.9. The second-order valence-corrected chi connectivity index (χ2v) is 9.09. The summed E-state index contributed by atoms with van der Waals surface area (Å²) in [5.41, 5.74) is 3.92. The van der Waals surface area contributed by atoms with Crippen LogP contribution in [0.25, 0.3) is 0 Å². The molecule has 1 spiro atoms. The minimum absolute atomic E-state index is 0.604. The van der Waals surface area contributed by atoms with Crippen molar-refractivity contribution in [3.05, 3.63) is 35.4 Å². The molecule has 2 saturated heterocycles. The van der Waals surface area contributed by atoms with E-state index in [1.165, 1.54) is 71.2 Å². The lowest BCUT2D eigenvalue weighted by molar-refractivity contribution is -0.0869. The topological polar surface area (TPSA) is 18.5 Å². The number of likely N-dealkylation sites (N-methyl/N-ethyl adjacent to an activating group) is 1. The monoisotopic (exact) mass is 339 g/mol. The number of piperazine rings is 1. The van der Waals surface area contributed by atoms with Crippen LogP contribution in [0.2, 0.25) is 0 Å². The van der Waals surface area contributed by atoms with Crippen LogP contribution in [0, 0.1) is 5.41 Å². The highest BCUT2D eigenvalue weighted by Crippen LogP contribution is 2.53. The molecular formula is C22H33N3. The fourth-order valence-corrected chi connectivity index (χ4v) is 5.87. The van der Waals surface area contributed by atoms with Crippen molar-refractivity contribution in [3.8, 4) is 0 Å². The van der Waals surface area contributed by atoms with Gasteiger partial charge in [-0.15, -0.1) is 0 Å². The van der Waals surface area contributed by atoms with Crippen molar-refractivity contribution >= 4 is 0 Å². The first kappa shape index (κ1) is 16.3. The zero-order valence-corrected chi connectivity index (χ0v) is 15.7. The van der Waals surface area contributed by atoms with Crippen molar-refractivity contribution in [3.63, 3.8) is 0 Å². The van der Waals surface area contributed by atoms with E-state index < -0.39 is 0 Å². The molecule has 0 radical (unpaired) electrons. The summed E-state index contributed by atoms with van der Waals surface area (Å²) in [6, 6.07) is 10.8. The molecule has 2 aliphatic carbocycles. The Morgan fingerprint density at radius 1 is 0.960 bits per heavy atom. The van der Waals surface area contributed by atoms with Crippen LogP contribution in [-0.4, -0.2) is 55.6 Å². The van der Waals surface area contributed by atoms with Gasteiger partial charge < -0.3 is 10.2 Å². The SMILES string of the molecule is CN1CCN(C2CCC23CCNCC3)C(c2ccccc2C2CC2)C1. The van der Waals surface area contributed by atoms with Crippen molar-refractivity contribution in [1.82, 2.24) is 15.1 Å². The summed E-state index contributed by atoms with van der Waals surface area (Å²) in [4.78, 5) is 5.49. The van der Waals surface area contributed by atoms with Crippen molar-refractivity contribution in [2.75, 3.05) is 39.8 Å². The van der Waals surface area contributed by atoms with Gasteiger partial charge in [0.1, 0.15) is 0 Å². The first-order valence-corrected chi connectivity index (χ1v) is 10.5. The van der Waals surface area contributed by atoms with Gasteiger partial charge in [-0.2, -0.15) is 0 Å². The van der Waals surface area contributed by atoms with E-state index in [2.05, 4.69) is 46.4 Å². The molecule has 2 saturated carbocycles. The fourth-order valence-electron chi connectivity index (χ4n) is 5.87. The molecule has 1 aromatic rings. The predicted octanol–water partition coefficient (Wildman–Crippen LogP) is 3.38. The van der Waals surface area contributed by atoms with Crippen molar-refractivity contribution < 1.29 is 0 Å². The molecule has 4 fully saturated rings. The fraction of sp³-hybridized carbons (Fsp3) is 0.727. The first-order valence-electron chi connectivity index (χ1n) is 10.5. The Balaban J connectivity index is 1.46. The summed E-state index contributed by atoms with van der Waals surface area (Å²) >= 11 is 0. The molecule has 1 N–H and O–H groups in total. The molecule has 0 bridgehead atoms. The van der Waals surface area contributed by atoms with Gasteiger partial charge >= 0.3 is 0 Å². The minimum Gasteiger partial charge on any atom is -0.317 e. The summed E-state index contributed by atoms with van der Waals surface area (Å²) in [5.74, 6) is 0.847. The average Bonchev–Trinajstić information content (AvgIpc) is 3.48. The number of hydrogen-bond donors (Lipinski definition) is 1. The minimum atomic E-state index is 0.604. The van der Waals surface area contributed by atoms with E-state index >= 15 is 0 Å². The quantitative estimate of drug-likeness (QED) is 0.911. The number of nitrogens with zero attached hydrogens (tertiary/aromatic N) is 2. The van der Waals surface area contributed by atoms with Crippen molar-refractivity contribution in [2.24, 2.45) is 5.41 Å². The lowest BCUT2D eigenvalue weighted by atomic mass is 9.58. The van der Waals surface area contributed by atoms with Crippen LogP contribution in [-0.2, 0) is 0 Å². The Morgan fingerprint density at radius 2 is 1.72 bits per heavy atom. The summed E-state index contributed by atoms with van der Waals surface area (Å²) in [7, 11) is 2.31. The molecule has 2 aliphatic heterocycles. The Kier molecular flexibility index (Phi) is 4.15. The van der Waals surface area contributed by atoms with Gasteiger partial charge in [0.2, 0.25) is 0 Å². The van der Waals surface area contributed by atoms with E-state index in [1.54, 1.807) is 11.1 Å². The summed E-state index contributed by atoms with van der Waals surface area (Å²) in [5, 5.41) is 3.59. The standard InChI is InChI=1S/C22H33N3/c1-24-14-15-25(21-8-9-22(21)10-12-23-13-11-22)20(16-24)19-5-3-2-4-18(19)17-6-7-17/h2-5,17,20-21,23H,6-16H2,1H3. The second kappa shape index (κ2) is 6.37. The van der Waals surface area contributed by atoms with Gasteiger partial charge in [-0.3, -0.25) is 4.90 Å². The van der Waals surface area contributed by atoms with E-state index in [0.717, 1.165) is 12.0 Å². The largest absolute Gasteiger partial charge is 0.317 e. The maximum atomic E-state index is 3.59. The third-order valence-corrected chi connectivity index (χ3v) is 7.62. The molecule has 0 aromatic heterocycles. The second-order valence-electron chi connectivity index (χ2n) is 9.09. The van der Waals surface area contributed by atoms with Gasteiger partial charge in [-0.05, 0) is 81.1 Å². The normalized spacial score (nSPS) is 33.3. The van der Waals surface area contributed by atoms with Gasteiger partial charge in [-0.25, -0.2) is 0 Å². The molecule has 136 valence electrons. The number of piperidine rings is 1. The molecule has 3 nitrogen and oxygen atoms in total. The maximum Gasteiger partial charge on any atom is 0.0481 e. The Bertz CT molecular complexity index is 617. The Morgan fingerprint density at radius 3 is 2.40 bits per heavy atom. The third-order valence-electron chi connectivity index (χ3n) is 7.62. The molecule has 1 aromatic carbocycles. The van der Waals surface area contributed by atoms with Crippen molar-refractivity contribution in [1.29, 1.82) is 0 Å². The smallest absolute Gasteiger partial charge is 0.0481 e. The molecule has 3 heteroatoms. The van der Waals surface area contributed by atoms with Crippen LogP contribution in [0.15, 0.2) is 24.3 Å². The molecule has 4 aliphatic rings. The van der Waals surface area contributed by atoms with Gasteiger partial charge in [0.05, 0.1) is 0 Å². The molecule has 5 rings (SSSR count). The van der Waals surface area contributed by atoms with Crippen LogP contribution in [0.3, 0.4) is 0 Å². The van der Waals surface area contributed by atoms with Crippen molar-refractivity contribution in [2.45, 2.75) is 56.5 Å². The molecule has 2 heterocycles. The molecule has 25 heavy (non-hydrogen) atoms. The highest BCUT2D eigenvalue weighted by molar-refractivity contribution is 5.36. The summed E-state index contributed by atoms with van der Waals surface area (Å²) in [6.45, 7) is 6.14. The van der Waals surface area contributed by atoms with E-state index in [9.17, 15) is 0 Å². The van der Waals surface area contributed by atoms with E-state index in [4.69, 9.17) is 0 Å². The first-order chi connectivity index (χ1) is 12.3. The van der Waals surface area contributed by atoms with Gasteiger partial charge in [0.15, 0.2) is 0 Å². The molecule has 2 unspecified atom stereocenters. The number of rotatable bonds is 3. The predicted molar refractivity (Wildman–Crippen MR) is 103 cm³/mol. The molecule has 2 atom stereocenters. The lowest BCUT2D eigenvalue weighted by Crippen LogP contribution is -2.62. The van der Waals surface area contributed by atoms with Crippen LogP contribution < -0.4 is 5.32 Å². The Labute approximate surface area is 152 Å². The summed E-state index contributed by atoms with van der Waals surface area (Å²) in [6.07, 6.45) is 8.47. The maximum absolute atomic E-state index is 3.59. The van der Waals surface area contributed by atoms with Gasteiger partial charge in [0.25, 0.3) is 0 Å². The lowest BCUT2D eigenvalue weighted by Gasteiger charge is -2.59. The van der Waals surface area contributed by atoms with E-state index in [-0.39, 0.29) is 0 Å². The number of benzene rings is 1. The average molecular weight is 340 g/mol. The highest BCUT2D eigenvalue weighted by Gasteiger charge is 2.51. The number of hydrogen-bond acceptors (Lipinski definition) is 3. The Hall–Kier alpha value is -0.900. The number of nitrogens with one attached hydrogen (secondary N) is 1. The van der Waals surface area contributed by atoms with Gasteiger partial charge in [0, 0.05) is 31.7 Å². The zero-order valence-electron chi connectivity index (χ0n) is 15.7. The van der Waals surface area contributed by atoms with Crippen LogP contribution in [0.1, 0.15) is 61.6 Å². The van der Waals surface area contributed by atoms with Crippen LogP contribution >= 0.6 is 0 Å². The van der Waals surface area contributed by atoms with Gasteiger partial charge in [-0.1, -0.05) is 24.3 Å². The van der Waals surface area contributed by atoms with Crippen LogP contribution in [0.4, 0.5) is 0 Å². The van der Waals surface area contributed by atoms with Crippen LogP contribution in [0.5, 0.6) is 0 Å². The third kappa shape index (κ3) is 2.85. The van der Waals surface area contributed by atoms with E-state index in [1.807, 2.05) is 0 Å². The van der Waals surface area contributed by atoms with E-state index in [0.29, 0.717) is 11.5 Å². The molecular weight excluding hydrogens is 306 g/mol. The molecule has 0 amide bonds. The summed E-state index contributed by atoms with van der Waals surface area (Å²) < 4.78 is 0. The highest BCUT2D eigenvalue weighted by atomic mass is 15.3.